The minimum absolute atomic E-state index is 0.228. The lowest BCUT2D eigenvalue weighted by Gasteiger charge is -2.10. The van der Waals surface area contributed by atoms with Crippen molar-refractivity contribution >= 4 is 5.97 Å². The number of aromatic carboxylic acids is 1. The van der Waals surface area contributed by atoms with Gasteiger partial charge < -0.3 is 15.2 Å². The van der Waals surface area contributed by atoms with Crippen LogP contribution in [0.2, 0.25) is 0 Å². The van der Waals surface area contributed by atoms with E-state index in [0.29, 0.717) is 18.2 Å². The van der Waals surface area contributed by atoms with Crippen molar-refractivity contribution in [1.82, 2.24) is 10.3 Å². The number of carbonyl (C=O) groups is 1. The predicted molar refractivity (Wildman–Crippen MR) is 75.1 cm³/mol. The molecule has 2 N–H and O–H groups in total. The number of nitrogens with zero attached hydrogens (tertiary/aromatic N) is 1. The fraction of sp³-hybridized carbons (Fsp3) is 0.200. The number of aromatic nitrogens is 1. The van der Waals surface area contributed by atoms with E-state index in [9.17, 15) is 4.79 Å². The van der Waals surface area contributed by atoms with Gasteiger partial charge in [-0.25, -0.2) is 9.78 Å². The Hall–Kier alpha value is -2.40. The molecule has 1 aromatic carbocycles. The van der Waals surface area contributed by atoms with Gasteiger partial charge in [0.25, 0.3) is 0 Å². The fourth-order valence-corrected chi connectivity index (χ4v) is 1.69. The molecule has 0 spiro atoms. The largest absolute Gasteiger partial charge is 0.478 e. The van der Waals surface area contributed by atoms with Gasteiger partial charge in [0.2, 0.25) is 5.88 Å². The minimum Gasteiger partial charge on any atom is -0.478 e. The summed E-state index contributed by atoms with van der Waals surface area (Å²) in [6.07, 6.45) is 1.66. The monoisotopic (exact) mass is 272 g/mol. The highest BCUT2D eigenvalue weighted by molar-refractivity contribution is 5.87. The van der Waals surface area contributed by atoms with E-state index < -0.39 is 5.97 Å². The molecular formula is C15H16N2O3. The molecule has 0 fully saturated rings. The normalized spacial score (nSPS) is 10.2. The lowest BCUT2D eigenvalue weighted by atomic mass is 10.2. The van der Waals surface area contributed by atoms with Crippen molar-refractivity contribution in [2.75, 3.05) is 6.54 Å². The van der Waals surface area contributed by atoms with Gasteiger partial charge >= 0.3 is 5.97 Å². The van der Waals surface area contributed by atoms with Crippen molar-refractivity contribution in [2.24, 2.45) is 0 Å². The van der Waals surface area contributed by atoms with E-state index in [1.165, 1.54) is 12.1 Å². The van der Waals surface area contributed by atoms with Crippen molar-refractivity contribution in [3.05, 3.63) is 53.7 Å². The summed E-state index contributed by atoms with van der Waals surface area (Å²) in [5.41, 5.74) is 1.18. The van der Waals surface area contributed by atoms with E-state index in [1.54, 1.807) is 18.3 Å². The van der Waals surface area contributed by atoms with E-state index in [4.69, 9.17) is 9.84 Å². The summed E-state index contributed by atoms with van der Waals surface area (Å²) in [6.45, 7) is 3.57. The van der Waals surface area contributed by atoms with E-state index in [0.717, 1.165) is 12.1 Å². The summed E-state index contributed by atoms with van der Waals surface area (Å²) in [5, 5.41) is 12.1. The zero-order chi connectivity index (χ0) is 14.4. The van der Waals surface area contributed by atoms with Crippen molar-refractivity contribution in [3.63, 3.8) is 0 Å². The number of benzene rings is 1. The number of nitrogens with one attached hydrogen (secondary N) is 1. The molecule has 0 saturated heterocycles. The van der Waals surface area contributed by atoms with Crippen LogP contribution >= 0.6 is 0 Å². The minimum atomic E-state index is -0.956. The predicted octanol–water partition coefficient (Wildman–Crippen LogP) is 2.68. The maximum absolute atomic E-state index is 10.8. The van der Waals surface area contributed by atoms with Gasteiger partial charge in [0.15, 0.2) is 0 Å². The molecule has 20 heavy (non-hydrogen) atoms. The van der Waals surface area contributed by atoms with Crippen LogP contribution in [0.1, 0.15) is 22.8 Å². The Morgan fingerprint density at radius 3 is 2.70 bits per heavy atom. The smallest absolute Gasteiger partial charge is 0.335 e. The van der Waals surface area contributed by atoms with E-state index >= 15 is 0 Å². The highest BCUT2D eigenvalue weighted by atomic mass is 16.5. The molecule has 0 aliphatic carbocycles. The zero-order valence-electron chi connectivity index (χ0n) is 11.2. The summed E-state index contributed by atoms with van der Waals surface area (Å²) in [4.78, 5) is 15.0. The second-order valence-electron chi connectivity index (χ2n) is 4.18. The first-order chi connectivity index (χ1) is 9.70. The van der Waals surface area contributed by atoms with E-state index in [2.05, 4.69) is 10.3 Å². The molecule has 1 heterocycles. The molecular weight excluding hydrogens is 256 g/mol. The zero-order valence-corrected chi connectivity index (χ0v) is 11.2. The quantitative estimate of drug-likeness (QED) is 0.846. The molecule has 2 rings (SSSR count). The SMILES string of the molecule is CCNCc1cccnc1Oc1ccc(C(=O)O)cc1. The number of hydrogen-bond donors (Lipinski definition) is 2. The summed E-state index contributed by atoms with van der Waals surface area (Å²) in [5.74, 6) is 0.130. The third-order valence-electron chi connectivity index (χ3n) is 2.73. The average molecular weight is 272 g/mol. The molecule has 0 aliphatic heterocycles. The number of rotatable bonds is 6. The summed E-state index contributed by atoms with van der Waals surface area (Å²) < 4.78 is 5.70. The van der Waals surface area contributed by atoms with Crippen LogP contribution in [-0.2, 0) is 6.54 Å². The van der Waals surface area contributed by atoms with Gasteiger partial charge in [0.05, 0.1) is 5.56 Å². The standard InChI is InChI=1S/C15H16N2O3/c1-2-16-10-12-4-3-9-17-14(12)20-13-7-5-11(6-8-13)15(18)19/h3-9,16H,2,10H2,1H3,(H,18,19). The van der Waals surface area contributed by atoms with Gasteiger partial charge in [0.1, 0.15) is 5.75 Å². The molecule has 0 atom stereocenters. The van der Waals surface area contributed by atoms with Crippen LogP contribution < -0.4 is 10.1 Å². The maximum atomic E-state index is 10.8. The third kappa shape index (κ3) is 3.55. The van der Waals surface area contributed by atoms with Crippen LogP contribution in [0.4, 0.5) is 0 Å². The molecule has 0 amide bonds. The lowest BCUT2D eigenvalue weighted by Crippen LogP contribution is -2.12. The molecule has 5 nitrogen and oxygen atoms in total. The fourth-order valence-electron chi connectivity index (χ4n) is 1.69. The molecule has 0 radical (unpaired) electrons. The van der Waals surface area contributed by atoms with Crippen LogP contribution in [0, 0.1) is 0 Å². The molecule has 1 aromatic heterocycles. The van der Waals surface area contributed by atoms with Gasteiger partial charge in [-0.15, -0.1) is 0 Å². The first-order valence-electron chi connectivity index (χ1n) is 6.36. The molecule has 104 valence electrons. The van der Waals surface area contributed by atoms with E-state index in [-0.39, 0.29) is 5.56 Å². The number of ether oxygens (including phenoxy) is 1. The van der Waals surface area contributed by atoms with Crippen LogP contribution in [0.3, 0.4) is 0 Å². The molecule has 0 saturated carbocycles. The topological polar surface area (TPSA) is 71.5 Å². The first-order valence-corrected chi connectivity index (χ1v) is 6.36. The van der Waals surface area contributed by atoms with Crippen LogP contribution in [0.25, 0.3) is 0 Å². The Bertz CT molecular complexity index is 582. The Morgan fingerprint density at radius 1 is 1.30 bits per heavy atom. The van der Waals surface area contributed by atoms with Crippen LogP contribution in [0.5, 0.6) is 11.6 Å². The van der Waals surface area contributed by atoms with Gasteiger partial charge in [-0.2, -0.15) is 0 Å². The Kier molecular flexibility index (Phi) is 4.68. The summed E-state index contributed by atoms with van der Waals surface area (Å²) >= 11 is 0. The Balaban J connectivity index is 2.14. The van der Waals surface area contributed by atoms with Crippen molar-refractivity contribution in [3.8, 4) is 11.6 Å². The number of pyridine rings is 1. The maximum Gasteiger partial charge on any atom is 0.335 e. The highest BCUT2D eigenvalue weighted by Crippen LogP contribution is 2.23. The number of carboxylic acid groups (broad SMARTS) is 1. The molecule has 5 heteroatoms. The number of hydrogen-bond acceptors (Lipinski definition) is 4. The lowest BCUT2D eigenvalue weighted by molar-refractivity contribution is 0.0697. The summed E-state index contributed by atoms with van der Waals surface area (Å²) in [6, 6.07) is 10.0. The third-order valence-corrected chi connectivity index (χ3v) is 2.73. The molecule has 0 bridgehead atoms. The second-order valence-corrected chi connectivity index (χ2v) is 4.18. The average Bonchev–Trinajstić information content (AvgIpc) is 2.47. The Labute approximate surface area is 117 Å². The van der Waals surface area contributed by atoms with Gasteiger partial charge in [0, 0.05) is 18.3 Å². The van der Waals surface area contributed by atoms with Crippen LogP contribution in [0.15, 0.2) is 42.6 Å². The number of carboxylic acids is 1. The van der Waals surface area contributed by atoms with Crippen molar-refractivity contribution in [1.29, 1.82) is 0 Å². The first kappa shape index (κ1) is 14.0. The van der Waals surface area contributed by atoms with Gasteiger partial charge in [-0.05, 0) is 36.9 Å². The van der Waals surface area contributed by atoms with Gasteiger partial charge in [-0.1, -0.05) is 13.0 Å². The Morgan fingerprint density at radius 2 is 2.05 bits per heavy atom. The molecule has 0 unspecified atom stereocenters. The van der Waals surface area contributed by atoms with Crippen LogP contribution in [-0.4, -0.2) is 22.6 Å². The van der Waals surface area contributed by atoms with Crippen molar-refractivity contribution in [2.45, 2.75) is 13.5 Å². The van der Waals surface area contributed by atoms with Crippen molar-refractivity contribution < 1.29 is 14.6 Å². The second kappa shape index (κ2) is 6.68. The molecule has 0 aliphatic rings. The van der Waals surface area contributed by atoms with Gasteiger partial charge in [-0.3, -0.25) is 0 Å². The molecule has 2 aromatic rings. The van der Waals surface area contributed by atoms with E-state index in [1.807, 2.05) is 19.1 Å². The highest BCUT2D eigenvalue weighted by Gasteiger charge is 2.07. The summed E-state index contributed by atoms with van der Waals surface area (Å²) in [7, 11) is 0.